The predicted octanol–water partition coefficient (Wildman–Crippen LogP) is 2.81. The molecule has 1 rings (SSSR count). The summed E-state index contributed by atoms with van der Waals surface area (Å²) in [6.45, 7) is 9.12. The van der Waals surface area contributed by atoms with Gasteiger partial charge in [0.05, 0.1) is 7.05 Å². The van der Waals surface area contributed by atoms with Gasteiger partial charge in [-0.3, -0.25) is 0 Å². The Kier molecular flexibility index (Phi) is 8.73. The molecule has 0 aromatic heterocycles. The highest BCUT2D eigenvalue weighted by Gasteiger charge is 2.11. The van der Waals surface area contributed by atoms with Gasteiger partial charge in [-0.15, -0.1) is 0 Å². The molecule has 0 spiro atoms. The Morgan fingerprint density at radius 2 is 1.71 bits per heavy atom. The van der Waals surface area contributed by atoms with E-state index in [0.29, 0.717) is 11.0 Å². The van der Waals surface area contributed by atoms with Gasteiger partial charge in [-0.1, -0.05) is 50.6 Å². The van der Waals surface area contributed by atoms with E-state index in [1.54, 1.807) is 7.05 Å². The summed E-state index contributed by atoms with van der Waals surface area (Å²) >= 11 is 0. The Bertz CT molecular complexity index is 279. The third kappa shape index (κ3) is 6.44. The van der Waals surface area contributed by atoms with E-state index < -0.39 is 0 Å². The van der Waals surface area contributed by atoms with Crippen molar-refractivity contribution in [1.82, 2.24) is 0 Å². The monoisotopic (exact) mass is 238 g/mol. The molecule has 0 aliphatic heterocycles. The molecule has 2 heteroatoms. The summed E-state index contributed by atoms with van der Waals surface area (Å²) in [7, 11) is 1.78. The first-order valence-corrected chi connectivity index (χ1v) is 6.71. The number of rotatable bonds is 5. The van der Waals surface area contributed by atoms with Gasteiger partial charge in [-0.25, -0.2) is 5.21 Å². The number of benzene rings is 1. The molecule has 2 nitrogen and oxygen atoms in total. The highest BCUT2D eigenvalue weighted by Crippen LogP contribution is 2.22. The molecule has 0 fully saturated rings. The van der Waals surface area contributed by atoms with Crippen LogP contribution in [0.1, 0.15) is 50.7 Å². The van der Waals surface area contributed by atoms with Gasteiger partial charge in [0.15, 0.2) is 0 Å². The van der Waals surface area contributed by atoms with Gasteiger partial charge in [0.2, 0.25) is 0 Å². The zero-order chi connectivity index (χ0) is 13.3. The number of aryl methyl sites for hydroxylation is 1. The van der Waals surface area contributed by atoms with Gasteiger partial charge in [0.1, 0.15) is 6.54 Å². The summed E-state index contributed by atoms with van der Waals surface area (Å²) < 4.78 is 0. The average Bonchev–Trinajstić information content (AvgIpc) is 2.34. The molecule has 0 heterocycles. The number of hydrogen-bond acceptors (Lipinski definition) is 1. The maximum absolute atomic E-state index is 9.20. The first-order chi connectivity index (χ1) is 8.13. The maximum Gasteiger partial charge on any atom is 0.107 e. The molecule has 1 aromatic carbocycles. The fourth-order valence-electron chi connectivity index (χ4n) is 1.83. The molecule has 0 aliphatic carbocycles. The molecule has 0 radical (unpaired) electrons. The summed E-state index contributed by atoms with van der Waals surface area (Å²) in [5, 5.41) is 9.75. The summed E-state index contributed by atoms with van der Waals surface area (Å²) in [6.07, 6.45) is 2.18. The lowest BCUT2D eigenvalue weighted by atomic mass is 9.92. The molecule has 98 valence electrons. The standard InChI is InChI=1S/C13H21NO.C2H6/c1-4-12(9-10-14(3)15)13-7-5-11(2)6-8-13;1-2/h5-8,12,15H,4,9-10H2,1-3H3;1-2H3/p+1. The largest absolute Gasteiger partial charge is 0.219 e. The summed E-state index contributed by atoms with van der Waals surface area (Å²) in [5.41, 5.74) is 2.70. The first kappa shape index (κ1) is 16.1. The van der Waals surface area contributed by atoms with Crippen LogP contribution in [0, 0.1) is 6.92 Å². The molecule has 0 amide bonds. The van der Waals surface area contributed by atoms with Crippen molar-refractivity contribution < 1.29 is 10.3 Å². The summed E-state index contributed by atoms with van der Waals surface area (Å²) in [4.78, 5) is 0. The van der Waals surface area contributed by atoms with Gasteiger partial charge in [0, 0.05) is 6.42 Å². The van der Waals surface area contributed by atoms with Crippen molar-refractivity contribution in [3.63, 3.8) is 0 Å². The lowest BCUT2D eigenvalue weighted by Gasteiger charge is -2.15. The number of nitrogens with one attached hydrogen (secondary N) is 1. The highest BCUT2D eigenvalue weighted by molar-refractivity contribution is 5.24. The van der Waals surface area contributed by atoms with E-state index in [9.17, 15) is 5.21 Å². The Morgan fingerprint density at radius 1 is 1.18 bits per heavy atom. The molecule has 1 aromatic rings. The van der Waals surface area contributed by atoms with Crippen molar-refractivity contribution in [3.8, 4) is 0 Å². The van der Waals surface area contributed by atoms with Crippen LogP contribution < -0.4 is 5.06 Å². The summed E-state index contributed by atoms with van der Waals surface area (Å²) in [5.74, 6) is 0.577. The minimum atomic E-state index is 0.542. The topological polar surface area (TPSA) is 24.7 Å². The Balaban J connectivity index is 0.00000121. The second-order valence-electron chi connectivity index (χ2n) is 4.29. The molecule has 0 bridgehead atoms. The first-order valence-electron chi connectivity index (χ1n) is 6.71. The van der Waals surface area contributed by atoms with Crippen LogP contribution in [0.2, 0.25) is 0 Å². The predicted molar refractivity (Wildman–Crippen MR) is 73.7 cm³/mol. The van der Waals surface area contributed by atoms with Gasteiger partial charge in [0.25, 0.3) is 0 Å². The van der Waals surface area contributed by atoms with Crippen molar-refractivity contribution in [3.05, 3.63) is 35.4 Å². The molecular weight excluding hydrogens is 210 g/mol. The van der Waals surface area contributed by atoms with E-state index in [4.69, 9.17) is 0 Å². The van der Waals surface area contributed by atoms with Crippen LogP contribution in [0.15, 0.2) is 24.3 Å². The molecule has 0 saturated carbocycles. The highest BCUT2D eigenvalue weighted by atomic mass is 16.5. The Morgan fingerprint density at radius 3 is 2.12 bits per heavy atom. The van der Waals surface area contributed by atoms with E-state index in [2.05, 4.69) is 38.1 Å². The Hall–Kier alpha value is -0.860. The van der Waals surface area contributed by atoms with Crippen molar-refractivity contribution in [2.24, 2.45) is 0 Å². The fraction of sp³-hybridized carbons (Fsp3) is 0.600. The lowest BCUT2D eigenvalue weighted by Crippen LogP contribution is -3.06. The quantitative estimate of drug-likeness (QED) is 0.758. The minimum Gasteiger partial charge on any atom is -0.219 e. The van der Waals surface area contributed by atoms with E-state index in [0.717, 1.165) is 19.4 Å². The average molecular weight is 238 g/mol. The number of quaternary nitrogens is 1. The van der Waals surface area contributed by atoms with Gasteiger partial charge < -0.3 is 0 Å². The van der Waals surface area contributed by atoms with Gasteiger partial charge in [-0.05, 0) is 24.8 Å². The SMILES string of the molecule is CC.CCC(CC[NH+](C)O)c1ccc(C)cc1. The maximum atomic E-state index is 9.20. The van der Waals surface area contributed by atoms with Crippen molar-refractivity contribution >= 4 is 0 Å². The van der Waals surface area contributed by atoms with Crippen LogP contribution in [0.25, 0.3) is 0 Å². The van der Waals surface area contributed by atoms with Crippen molar-refractivity contribution in [1.29, 1.82) is 0 Å². The minimum absolute atomic E-state index is 0.542. The smallest absolute Gasteiger partial charge is 0.107 e. The molecule has 17 heavy (non-hydrogen) atoms. The molecule has 0 saturated heterocycles. The summed E-state index contributed by atoms with van der Waals surface area (Å²) in [6, 6.07) is 8.73. The molecular formula is C15H28NO+. The normalized spacial score (nSPS) is 13.5. The van der Waals surface area contributed by atoms with Gasteiger partial charge >= 0.3 is 0 Å². The van der Waals surface area contributed by atoms with E-state index >= 15 is 0 Å². The molecule has 0 aliphatic rings. The van der Waals surface area contributed by atoms with Crippen LogP contribution in [0.3, 0.4) is 0 Å². The lowest BCUT2D eigenvalue weighted by molar-refractivity contribution is -1.07. The van der Waals surface area contributed by atoms with E-state index in [-0.39, 0.29) is 0 Å². The zero-order valence-electron chi connectivity index (χ0n) is 12.0. The fourth-order valence-corrected chi connectivity index (χ4v) is 1.83. The second-order valence-corrected chi connectivity index (χ2v) is 4.29. The van der Waals surface area contributed by atoms with E-state index in [1.807, 2.05) is 13.8 Å². The van der Waals surface area contributed by atoms with Gasteiger partial charge in [-0.2, -0.15) is 5.06 Å². The molecule has 2 N–H and O–H groups in total. The third-order valence-corrected chi connectivity index (χ3v) is 2.90. The van der Waals surface area contributed by atoms with Crippen LogP contribution in [0.4, 0.5) is 0 Å². The molecule has 2 atom stereocenters. The third-order valence-electron chi connectivity index (χ3n) is 2.90. The molecule has 2 unspecified atom stereocenters. The van der Waals surface area contributed by atoms with Crippen LogP contribution in [-0.4, -0.2) is 18.8 Å². The van der Waals surface area contributed by atoms with Crippen molar-refractivity contribution in [2.45, 2.75) is 46.5 Å². The van der Waals surface area contributed by atoms with Crippen LogP contribution in [0.5, 0.6) is 0 Å². The van der Waals surface area contributed by atoms with Crippen LogP contribution in [-0.2, 0) is 0 Å². The second kappa shape index (κ2) is 9.20. The van der Waals surface area contributed by atoms with Crippen LogP contribution >= 0.6 is 0 Å². The van der Waals surface area contributed by atoms with E-state index in [1.165, 1.54) is 11.1 Å². The van der Waals surface area contributed by atoms with Crippen molar-refractivity contribution in [2.75, 3.05) is 13.6 Å². The number of hydrogen-bond donors (Lipinski definition) is 2. The Labute approximate surface area is 106 Å². The number of hydroxylamine groups is 2. The zero-order valence-corrected chi connectivity index (χ0v) is 12.0.